The smallest absolute Gasteiger partial charge is 0.261 e. The summed E-state index contributed by atoms with van der Waals surface area (Å²) in [7, 11) is -2.26. The Morgan fingerprint density at radius 1 is 1.03 bits per heavy atom. The van der Waals surface area contributed by atoms with E-state index in [1.807, 2.05) is 13.0 Å². The van der Waals surface area contributed by atoms with Crippen molar-refractivity contribution in [1.82, 2.24) is 5.32 Å². The molecule has 1 unspecified atom stereocenters. The SMILES string of the molecule is CCCCC(C)Oc1ccc(Br)cc1C(=O)NC(=S)Nc1ccc(S(=O)(=O)Nc2ccc(OC)cc2)cc1. The minimum atomic E-state index is -3.80. The van der Waals surface area contributed by atoms with Crippen molar-refractivity contribution in [3.05, 3.63) is 76.8 Å². The summed E-state index contributed by atoms with van der Waals surface area (Å²) in [6, 6.07) is 17.8. The third kappa shape index (κ3) is 8.44. The van der Waals surface area contributed by atoms with Crippen LogP contribution in [0.2, 0.25) is 0 Å². The minimum Gasteiger partial charge on any atom is -0.497 e. The molecule has 8 nitrogen and oxygen atoms in total. The highest BCUT2D eigenvalue weighted by molar-refractivity contribution is 9.10. The van der Waals surface area contributed by atoms with Crippen molar-refractivity contribution < 1.29 is 22.7 Å². The number of carbonyl (C=O) groups excluding carboxylic acids is 1. The lowest BCUT2D eigenvalue weighted by atomic mass is 10.1. The highest BCUT2D eigenvalue weighted by Crippen LogP contribution is 2.25. The number of carbonyl (C=O) groups is 1. The van der Waals surface area contributed by atoms with Crippen molar-refractivity contribution >= 4 is 60.6 Å². The van der Waals surface area contributed by atoms with Crippen LogP contribution < -0.4 is 24.8 Å². The van der Waals surface area contributed by atoms with E-state index in [0.29, 0.717) is 28.4 Å². The summed E-state index contributed by atoms with van der Waals surface area (Å²) in [4.78, 5) is 13.0. The lowest BCUT2D eigenvalue weighted by Crippen LogP contribution is -2.34. The van der Waals surface area contributed by atoms with Crippen LogP contribution in [0.5, 0.6) is 11.5 Å². The minimum absolute atomic E-state index is 0.0400. The zero-order valence-corrected chi connectivity index (χ0v) is 24.5. The molecule has 0 bridgehead atoms. The average Bonchev–Trinajstić information content (AvgIpc) is 2.89. The number of anilines is 2. The number of hydrogen-bond donors (Lipinski definition) is 3. The topological polar surface area (TPSA) is 106 Å². The molecule has 11 heteroatoms. The average molecular weight is 621 g/mol. The van der Waals surface area contributed by atoms with E-state index in [1.165, 1.54) is 19.2 Å². The van der Waals surface area contributed by atoms with E-state index in [4.69, 9.17) is 21.7 Å². The van der Waals surface area contributed by atoms with E-state index in [-0.39, 0.29) is 16.1 Å². The molecule has 1 amide bonds. The van der Waals surface area contributed by atoms with Crippen molar-refractivity contribution in [2.45, 2.75) is 44.1 Å². The summed E-state index contributed by atoms with van der Waals surface area (Å²) in [6.45, 7) is 4.09. The molecule has 1 atom stereocenters. The van der Waals surface area contributed by atoms with E-state index in [2.05, 4.69) is 38.2 Å². The van der Waals surface area contributed by atoms with E-state index >= 15 is 0 Å². The van der Waals surface area contributed by atoms with Crippen molar-refractivity contribution in [3.63, 3.8) is 0 Å². The van der Waals surface area contributed by atoms with Crippen molar-refractivity contribution in [2.75, 3.05) is 17.1 Å². The molecule has 3 rings (SSSR count). The van der Waals surface area contributed by atoms with Crippen molar-refractivity contribution in [2.24, 2.45) is 0 Å². The highest BCUT2D eigenvalue weighted by Gasteiger charge is 2.18. The van der Waals surface area contributed by atoms with Gasteiger partial charge in [0.1, 0.15) is 11.5 Å². The van der Waals surface area contributed by atoms with Crippen LogP contribution in [0.25, 0.3) is 0 Å². The molecular formula is C27H30BrN3O5S2. The van der Waals surface area contributed by atoms with Gasteiger partial charge < -0.3 is 14.8 Å². The Hall–Kier alpha value is -3.15. The number of benzene rings is 3. The molecule has 0 heterocycles. The Morgan fingerprint density at radius 3 is 2.32 bits per heavy atom. The van der Waals surface area contributed by atoms with Gasteiger partial charge in [-0.1, -0.05) is 35.7 Å². The van der Waals surface area contributed by atoms with Gasteiger partial charge in [-0.2, -0.15) is 0 Å². The number of sulfonamides is 1. The Bertz CT molecular complexity index is 1360. The first-order valence-corrected chi connectivity index (χ1v) is 14.6. The third-order valence-electron chi connectivity index (χ3n) is 5.47. The summed E-state index contributed by atoms with van der Waals surface area (Å²) in [5, 5.41) is 5.62. The molecule has 0 aromatic heterocycles. The Balaban J connectivity index is 1.63. The van der Waals surface area contributed by atoms with Crippen LogP contribution in [0, 0.1) is 0 Å². The Labute approximate surface area is 237 Å². The van der Waals surface area contributed by atoms with Crippen LogP contribution in [0.1, 0.15) is 43.5 Å². The molecule has 0 aliphatic rings. The third-order valence-corrected chi connectivity index (χ3v) is 7.56. The first-order chi connectivity index (χ1) is 18.1. The molecule has 3 N–H and O–H groups in total. The zero-order valence-electron chi connectivity index (χ0n) is 21.3. The highest BCUT2D eigenvalue weighted by atomic mass is 79.9. The molecule has 202 valence electrons. The number of halogens is 1. The summed E-state index contributed by atoms with van der Waals surface area (Å²) >= 11 is 8.71. The number of methoxy groups -OCH3 is 1. The van der Waals surface area contributed by atoms with Gasteiger partial charge in [0.05, 0.1) is 23.7 Å². The second-order valence-electron chi connectivity index (χ2n) is 8.48. The lowest BCUT2D eigenvalue weighted by molar-refractivity contribution is 0.0970. The van der Waals surface area contributed by atoms with Gasteiger partial charge in [-0.3, -0.25) is 14.8 Å². The second kappa shape index (κ2) is 13.6. The Morgan fingerprint density at radius 2 is 1.68 bits per heavy atom. The number of nitrogens with one attached hydrogen (secondary N) is 3. The molecule has 3 aromatic carbocycles. The maximum Gasteiger partial charge on any atom is 0.261 e. The number of thiocarbonyl (C=S) groups is 1. The number of amides is 1. The van der Waals surface area contributed by atoms with Crippen LogP contribution in [0.4, 0.5) is 11.4 Å². The van der Waals surface area contributed by atoms with Gasteiger partial charge in [0, 0.05) is 15.8 Å². The van der Waals surface area contributed by atoms with Gasteiger partial charge in [-0.25, -0.2) is 8.42 Å². The molecule has 0 aliphatic carbocycles. The monoisotopic (exact) mass is 619 g/mol. The van der Waals surface area contributed by atoms with Gasteiger partial charge in [0.25, 0.3) is 15.9 Å². The fourth-order valence-electron chi connectivity index (χ4n) is 3.47. The fourth-order valence-corrected chi connectivity index (χ4v) is 5.10. The second-order valence-corrected chi connectivity index (χ2v) is 11.5. The molecule has 38 heavy (non-hydrogen) atoms. The predicted molar refractivity (Wildman–Crippen MR) is 158 cm³/mol. The van der Waals surface area contributed by atoms with Crippen LogP contribution in [-0.2, 0) is 10.0 Å². The first-order valence-electron chi connectivity index (χ1n) is 12.0. The molecule has 0 saturated heterocycles. The van der Waals surface area contributed by atoms with Crippen LogP contribution in [0.15, 0.2) is 76.1 Å². The van der Waals surface area contributed by atoms with Crippen LogP contribution in [-0.4, -0.2) is 32.7 Å². The molecular weight excluding hydrogens is 590 g/mol. The predicted octanol–water partition coefficient (Wildman–Crippen LogP) is 6.34. The summed E-state index contributed by atoms with van der Waals surface area (Å²) in [5.74, 6) is 0.664. The van der Waals surface area contributed by atoms with Crippen molar-refractivity contribution in [1.29, 1.82) is 0 Å². The van der Waals surface area contributed by atoms with Gasteiger partial charge >= 0.3 is 0 Å². The largest absolute Gasteiger partial charge is 0.497 e. The van der Waals surface area contributed by atoms with E-state index in [0.717, 1.165) is 23.7 Å². The normalized spacial score (nSPS) is 11.8. The molecule has 0 spiro atoms. The summed E-state index contributed by atoms with van der Waals surface area (Å²) in [5.41, 5.74) is 1.27. The maximum atomic E-state index is 13.0. The maximum absolute atomic E-state index is 13.0. The fraction of sp³-hybridized carbons (Fsp3) is 0.259. The zero-order chi connectivity index (χ0) is 27.7. The molecule has 0 fully saturated rings. The van der Waals surface area contributed by atoms with Gasteiger partial charge in [0.2, 0.25) is 0 Å². The summed E-state index contributed by atoms with van der Waals surface area (Å²) in [6.07, 6.45) is 2.94. The van der Waals surface area contributed by atoms with Crippen LogP contribution in [0.3, 0.4) is 0 Å². The standard InChI is InChI=1S/C27H30BrN3O5S2/c1-4-5-6-18(2)36-25-16-7-19(28)17-24(25)26(32)30-27(37)29-20-10-14-23(15-11-20)38(33,34)31-21-8-12-22(35-3)13-9-21/h7-18,31H,4-6H2,1-3H3,(H2,29,30,32,37). The first kappa shape index (κ1) is 29.4. The van der Waals surface area contributed by atoms with E-state index < -0.39 is 15.9 Å². The number of rotatable bonds is 11. The number of unbranched alkanes of at least 4 members (excludes halogenated alkanes) is 1. The summed E-state index contributed by atoms with van der Waals surface area (Å²) < 4.78 is 39.8. The van der Waals surface area contributed by atoms with Gasteiger partial charge in [0.15, 0.2) is 5.11 Å². The van der Waals surface area contributed by atoms with Crippen LogP contribution >= 0.6 is 28.1 Å². The number of ether oxygens (including phenoxy) is 2. The number of hydrogen-bond acceptors (Lipinski definition) is 6. The molecule has 0 saturated carbocycles. The van der Waals surface area contributed by atoms with Crippen molar-refractivity contribution in [3.8, 4) is 11.5 Å². The lowest BCUT2D eigenvalue weighted by Gasteiger charge is -2.18. The van der Waals surface area contributed by atoms with Gasteiger partial charge in [-0.05, 0) is 92.3 Å². The quantitative estimate of drug-likeness (QED) is 0.215. The van der Waals surface area contributed by atoms with E-state index in [1.54, 1.807) is 48.5 Å². The van der Waals surface area contributed by atoms with E-state index in [9.17, 15) is 13.2 Å². The molecule has 3 aromatic rings. The van der Waals surface area contributed by atoms with Gasteiger partial charge in [-0.15, -0.1) is 0 Å². The Kier molecular flexibility index (Phi) is 10.5. The molecule has 0 radical (unpaired) electrons. The molecule has 0 aliphatic heterocycles.